The number of nitrogens with two attached hydrogens (primary N) is 1. The van der Waals surface area contributed by atoms with Gasteiger partial charge in [0.2, 0.25) is 0 Å². The molecule has 130 valence electrons. The van der Waals surface area contributed by atoms with E-state index in [0.29, 0.717) is 5.92 Å². The third-order valence-corrected chi connectivity index (χ3v) is 6.29. The molecule has 0 spiro atoms. The van der Waals surface area contributed by atoms with Crippen LogP contribution in [-0.4, -0.2) is 5.54 Å². The zero-order valence-electron chi connectivity index (χ0n) is 15.4. The summed E-state index contributed by atoms with van der Waals surface area (Å²) < 4.78 is 0. The highest BCUT2D eigenvalue weighted by atomic mass is 14.8. The lowest BCUT2D eigenvalue weighted by atomic mass is 9.80. The van der Waals surface area contributed by atoms with Crippen molar-refractivity contribution in [1.82, 2.24) is 0 Å². The molecule has 1 saturated carbocycles. The maximum atomic E-state index is 6.50. The fraction of sp³-hybridized carbons (Fsp3) is 0.565. The van der Waals surface area contributed by atoms with Gasteiger partial charge in [-0.25, -0.2) is 0 Å². The minimum Gasteiger partial charge on any atom is -0.325 e. The van der Waals surface area contributed by atoms with E-state index in [2.05, 4.69) is 56.4 Å². The highest BCUT2D eigenvalue weighted by molar-refractivity contribution is 5.36. The minimum atomic E-state index is 0.0882. The molecule has 3 rings (SSSR count). The quantitative estimate of drug-likeness (QED) is 0.692. The van der Waals surface area contributed by atoms with E-state index in [1.165, 1.54) is 44.9 Å². The lowest BCUT2D eigenvalue weighted by molar-refractivity contribution is 0.418. The van der Waals surface area contributed by atoms with Crippen molar-refractivity contribution in [1.29, 1.82) is 0 Å². The zero-order chi connectivity index (χ0) is 17.0. The minimum absolute atomic E-state index is 0.0882. The second kappa shape index (κ2) is 7.70. The van der Waals surface area contributed by atoms with E-state index in [0.717, 1.165) is 12.3 Å². The largest absolute Gasteiger partial charge is 0.325 e. The molecule has 0 radical (unpaired) electrons. The van der Waals surface area contributed by atoms with Crippen LogP contribution in [-0.2, 0) is 12.8 Å². The van der Waals surface area contributed by atoms with E-state index in [-0.39, 0.29) is 5.54 Å². The summed E-state index contributed by atoms with van der Waals surface area (Å²) in [4.78, 5) is 0. The van der Waals surface area contributed by atoms with Crippen LogP contribution in [0.4, 0.5) is 0 Å². The average Bonchev–Trinajstić information content (AvgIpc) is 3.01. The van der Waals surface area contributed by atoms with Crippen LogP contribution in [0.25, 0.3) is 0 Å². The average molecular weight is 324 g/mol. The molecule has 2 aliphatic rings. The first-order chi connectivity index (χ1) is 11.6. The van der Waals surface area contributed by atoms with Crippen LogP contribution >= 0.6 is 0 Å². The molecule has 0 unspecified atom stereocenters. The number of aryl methyl sites for hydroxylation is 1. The molecule has 0 aliphatic heterocycles. The number of allylic oxidation sites excluding steroid dienone is 4. The predicted octanol–water partition coefficient (Wildman–Crippen LogP) is 5.69. The first-order valence-electron chi connectivity index (χ1n) is 9.82. The summed E-state index contributed by atoms with van der Waals surface area (Å²) in [5.74, 6) is 1.50. The molecule has 0 bridgehead atoms. The van der Waals surface area contributed by atoms with Crippen LogP contribution in [0, 0.1) is 5.92 Å². The molecule has 1 aromatic carbocycles. The van der Waals surface area contributed by atoms with Crippen LogP contribution in [0.1, 0.15) is 75.0 Å². The monoisotopic (exact) mass is 323 g/mol. The van der Waals surface area contributed by atoms with Crippen LogP contribution in [0.5, 0.6) is 0 Å². The lowest BCUT2D eigenvalue weighted by Gasteiger charge is -2.26. The molecular weight excluding hydrogens is 290 g/mol. The van der Waals surface area contributed by atoms with Gasteiger partial charge in [-0.1, -0.05) is 49.4 Å². The summed E-state index contributed by atoms with van der Waals surface area (Å²) in [6, 6.07) is 7.31. The van der Waals surface area contributed by atoms with Crippen LogP contribution in [0.15, 0.2) is 42.5 Å². The summed E-state index contributed by atoms with van der Waals surface area (Å²) in [6.07, 6.45) is 18.5. The van der Waals surface area contributed by atoms with Gasteiger partial charge in [-0.2, -0.15) is 0 Å². The molecule has 1 fully saturated rings. The van der Waals surface area contributed by atoms with Crippen LogP contribution in [0.3, 0.4) is 0 Å². The third-order valence-electron chi connectivity index (χ3n) is 6.29. The molecule has 0 saturated heterocycles. The molecule has 0 heterocycles. The smallest absolute Gasteiger partial charge is 0.0157 e. The predicted molar refractivity (Wildman–Crippen MR) is 104 cm³/mol. The first-order valence-corrected chi connectivity index (χ1v) is 9.82. The van der Waals surface area contributed by atoms with Crippen molar-refractivity contribution in [3.05, 3.63) is 59.2 Å². The number of fused-ring (bicyclic) bond motifs is 1. The molecular formula is C23H33N. The Hall–Kier alpha value is -1.34. The zero-order valence-corrected chi connectivity index (χ0v) is 15.4. The van der Waals surface area contributed by atoms with E-state index in [9.17, 15) is 0 Å². The standard InChI is InChI=1S/C23H33N/c1-3-5-6-7-8-18-9-10-20-16-21(12-11-19(20)15-18)22-13-14-23(24,4-2)17-22/h3,5-7,11-12,16,18,22H,4,8-10,13-15,17,24H2,1-2H3/b5-3-,7-6-/t18-,22+,23-/m1/s1. The van der Waals surface area contributed by atoms with Gasteiger partial charge in [0, 0.05) is 5.54 Å². The third kappa shape index (κ3) is 4.00. The van der Waals surface area contributed by atoms with Gasteiger partial charge in [0.25, 0.3) is 0 Å². The summed E-state index contributed by atoms with van der Waals surface area (Å²) in [5.41, 5.74) is 11.3. The highest BCUT2D eigenvalue weighted by Crippen LogP contribution is 2.42. The Kier molecular flexibility index (Phi) is 5.61. The number of rotatable bonds is 5. The maximum Gasteiger partial charge on any atom is 0.0157 e. The van der Waals surface area contributed by atoms with Gasteiger partial charge in [0.15, 0.2) is 0 Å². The first kappa shape index (κ1) is 17.5. The Morgan fingerprint density at radius 3 is 2.83 bits per heavy atom. The van der Waals surface area contributed by atoms with E-state index >= 15 is 0 Å². The van der Waals surface area contributed by atoms with Gasteiger partial charge in [-0.05, 0) is 86.8 Å². The van der Waals surface area contributed by atoms with Crippen molar-refractivity contribution in [3.8, 4) is 0 Å². The van der Waals surface area contributed by atoms with E-state index in [4.69, 9.17) is 5.73 Å². The normalized spacial score (nSPS) is 30.3. The molecule has 3 atom stereocenters. The highest BCUT2D eigenvalue weighted by Gasteiger charge is 2.35. The van der Waals surface area contributed by atoms with Gasteiger partial charge in [-0.3, -0.25) is 0 Å². The van der Waals surface area contributed by atoms with Gasteiger partial charge in [-0.15, -0.1) is 0 Å². The van der Waals surface area contributed by atoms with Crippen LogP contribution < -0.4 is 5.73 Å². The Balaban J connectivity index is 1.64. The fourth-order valence-corrected chi connectivity index (χ4v) is 4.53. The van der Waals surface area contributed by atoms with Crippen LogP contribution in [0.2, 0.25) is 0 Å². The topological polar surface area (TPSA) is 26.0 Å². The fourth-order valence-electron chi connectivity index (χ4n) is 4.53. The van der Waals surface area contributed by atoms with Gasteiger partial charge in [0.05, 0.1) is 0 Å². The van der Waals surface area contributed by atoms with E-state index in [1.54, 1.807) is 16.7 Å². The summed E-state index contributed by atoms with van der Waals surface area (Å²) in [6.45, 7) is 4.30. The summed E-state index contributed by atoms with van der Waals surface area (Å²) in [5, 5.41) is 0. The van der Waals surface area contributed by atoms with Crippen molar-refractivity contribution in [2.75, 3.05) is 0 Å². The molecule has 24 heavy (non-hydrogen) atoms. The van der Waals surface area contributed by atoms with E-state index in [1.807, 2.05) is 0 Å². The summed E-state index contributed by atoms with van der Waals surface area (Å²) in [7, 11) is 0. The van der Waals surface area contributed by atoms with Crippen molar-refractivity contribution >= 4 is 0 Å². The van der Waals surface area contributed by atoms with Crippen molar-refractivity contribution in [3.63, 3.8) is 0 Å². The van der Waals surface area contributed by atoms with Crippen molar-refractivity contribution in [2.24, 2.45) is 11.7 Å². The molecule has 0 amide bonds. The molecule has 1 nitrogen and oxygen atoms in total. The van der Waals surface area contributed by atoms with Gasteiger partial charge in [0.1, 0.15) is 0 Å². The molecule has 0 aromatic heterocycles. The number of benzene rings is 1. The Bertz CT molecular complexity index is 612. The van der Waals surface area contributed by atoms with Gasteiger partial charge < -0.3 is 5.73 Å². The molecule has 1 aromatic rings. The van der Waals surface area contributed by atoms with Gasteiger partial charge >= 0.3 is 0 Å². The van der Waals surface area contributed by atoms with Crippen molar-refractivity contribution in [2.45, 2.75) is 76.7 Å². The SMILES string of the molecule is C/C=C\C=C/C[C@@H]1CCc2cc([C@H]3CC[C@](N)(CC)C3)ccc2C1. The maximum absolute atomic E-state index is 6.50. The second-order valence-corrected chi connectivity index (χ2v) is 7.98. The lowest BCUT2D eigenvalue weighted by Crippen LogP contribution is -2.35. The Morgan fingerprint density at radius 1 is 1.21 bits per heavy atom. The summed E-state index contributed by atoms with van der Waals surface area (Å²) >= 11 is 0. The molecule has 2 N–H and O–H groups in total. The van der Waals surface area contributed by atoms with E-state index < -0.39 is 0 Å². The number of hydrogen-bond acceptors (Lipinski definition) is 1. The molecule has 2 aliphatic carbocycles. The second-order valence-electron chi connectivity index (χ2n) is 7.98. The Morgan fingerprint density at radius 2 is 2.08 bits per heavy atom. The van der Waals surface area contributed by atoms with Crippen molar-refractivity contribution < 1.29 is 0 Å². The molecule has 1 heteroatoms. The Labute approximate surface area is 148 Å². The number of hydrogen-bond donors (Lipinski definition) is 1.